The van der Waals surface area contributed by atoms with Crippen LogP contribution in [0.15, 0.2) is 24.3 Å². The zero-order valence-electron chi connectivity index (χ0n) is 19.1. The van der Waals surface area contributed by atoms with E-state index in [1.54, 1.807) is 19.0 Å². The maximum atomic E-state index is 12.3. The summed E-state index contributed by atoms with van der Waals surface area (Å²) in [4.78, 5) is 30.1. The number of methoxy groups -OCH3 is 1. The summed E-state index contributed by atoms with van der Waals surface area (Å²) < 4.78 is 4.87. The van der Waals surface area contributed by atoms with Crippen molar-refractivity contribution in [2.24, 2.45) is 0 Å². The molecule has 0 aromatic heterocycles. The second-order valence-corrected chi connectivity index (χ2v) is 9.53. The smallest absolute Gasteiger partial charge is 0.409 e. The van der Waals surface area contributed by atoms with Crippen LogP contribution in [-0.2, 0) is 10.2 Å². The number of hydrogen-bond acceptors (Lipinski definition) is 4. The third kappa shape index (κ3) is 4.38. The molecule has 1 aromatic rings. The van der Waals surface area contributed by atoms with Crippen LogP contribution in [0.4, 0.5) is 9.59 Å². The molecular formula is C24H36N4O3. The van der Waals surface area contributed by atoms with Crippen LogP contribution < -0.4 is 5.32 Å². The lowest BCUT2D eigenvalue weighted by molar-refractivity contribution is 0.0565. The van der Waals surface area contributed by atoms with Gasteiger partial charge in [0.1, 0.15) is 0 Å². The molecule has 7 nitrogen and oxygen atoms in total. The highest BCUT2D eigenvalue weighted by Crippen LogP contribution is 2.48. The highest BCUT2D eigenvalue weighted by Gasteiger charge is 2.43. The normalized spacial score (nSPS) is 23.8. The molecule has 2 aliphatic heterocycles. The van der Waals surface area contributed by atoms with Gasteiger partial charge in [0.05, 0.1) is 13.2 Å². The minimum absolute atomic E-state index is 0.0242. The predicted octanol–water partition coefficient (Wildman–Crippen LogP) is 3.36. The summed E-state index contributed by atoms with van der Waals surface area (Å²) in [5.41, 5.74) is 2.95. The standard InChI is InChI=1S/C24H36N4O3/c1-26(2)22(29)25-21-8-11-24(20-7-5-4-6-19(20)21)12-16-27(17-13-24)18-9-14-28(15-10-18)23(30)31-3/h4-7,18,21H,8-17H2,1-3H3,(H,25,29)/t21-/m1/s1. The first-order valence-corrected chi connectivity index (χ1v) is 11.6. The van der Waals surface area contributed by atoms with Gasteiger partial charge in [0.15, 0.2) is 0 Å². The van der Waals surface area contributed by atoms with Gasteiger partial charge in [-0.1, -0.05) is 24.3 Å². The number of nitrogens with one attached hydrogen (secondary N) is 1. The molecule has 2 heterocycles. The van der Waals surface area contributed by atoms with Crippen molar-refractivity contribution in [2.75, 3.05) is 47.4 Å². The highest BCUT2D eigenvalue weighted by molar-refractivity contribution is 5.74. The highest BCUT2D eigenvalue weighted by atomic mass is 16.5. The van der Waals surface area contributed by atoms with E-state index >= 15 is 0 Å². The molecule has 3 aliphatic rings. The van der Waals surface area contributed by atoms with Crippen LogP contribution >= 0.6 is 0 Å². The molecular weight excluding hydrogens is 392 g/mol. The molecule has 3 amide bonds. The van der Waals surface area contributed by atoms with E-state index in [-0.39, 0.29) is 23.6 Å². The van der Waals surface area contributed by atoms with Crippen molar-refractivity contribution in [3.63, 3.8) is 0 Å². The molecule has 7 heteroatoms. The SMILES string of the molecule is COC(=O)N1CCC(N2CCC3(CC[C@@H](NC(=O)N(C)C)c4ccccc43)CC2)CC1. The van der Waals surface area contributed by atoms with E-state index < -0.39 is 0 Å². The van der Waals surface area contributed by atoms with Crippen molar-refractivity contribution >= 4 is 12.1 Å². The topological polar surface area (TPSA) is 65.1 Å². The van der Waals surface area contributed by atoms with Crippen LogP contribution in [0.25, 0.3) is 0 Å². The van der Waals surface area contributed by atoms with Crippen LogP contribution in [0.3, 0.4) is 0 Å². The molecule has 1 spiro atoms. The Hall–Kier alpha value is -2.28. The van der Waals surface area contributed by atoms with Crippen LogP contribution in [0.5, 0.6) is 0 Å². The minimum Gasteiger partial charge on any atom is -0.453 e. The van der Waals surface area contributed by atoms with Crippen molar-refractivity contribution in [1.82, 2.24) is 20.0 Å². The van der Waals surface area contributed by atoms with Gasteiger partial charge in [-0.25, -0.2) is 9.59 Å². The number of likely N-dealkylation sites (tertiary alicyclic amines) is 2. The third-order valence-corrected chi connectivity index (χ3v) is 7.69. The number of nitrogens with zero attached hydrogens (tertiary/aromatic N) is 3. The molecule has 0 radical (unpaired) electrons. The van der Waals surface area contributed by atoms with Crippen molar-refractivity contribution < 1.29 is 14.3 Å². The lowest BCUT2D eigenvalue weighted by Crippen LogP contribution is -2.52. The fraction of sp³-hybridized carbons (Fsp3) is 0.667. The first-order chi connectivity index (χ1) is 14.9. The molecule has 170 valence electrons. The van der Waals surface area contributed by atoms with Crippen LogP contribution in [-0.4, -0.2) is 80.3 Å². The number of fused-ring (bicyclic) bond motifs is 2. The van der Waals surface area contributed by atoms with Crippen LogP contribution in [0.1, 0.15) is 55.7 Å². The quantitative estimate of drug-likeness (QED) is 0.785. The van der Waals surface area contributed by atoms with E-state index in [0.717, 1.165) is 64.7 Å². The van der Waals surface area contributed by atoms with Crippen molar-refractivity contribution in [1.29, 1.82) is 0 Å². The van der Waals surface area contributed by atoms with E-state index in [1.165, 1.54) is 18.2 Å². The lowest BCUT2D eigenvalue weighted by atomic mass is 9.63. The average molecular weight is 429 g/mol. The second-order valence-electron chi connectivity index (χ2n) is 9.53. The summed E-state index contributed by atoms with van der Waals surface area (Å²) in [5, 5.41) is 3.21. The van der Waals surface area contributed by atoms with Crippen molar-refractivity contribution in [3.8, 4) is 0 Å². The number of urea groups is 1. The van der Waals surface area contributed by atoms with Crippen molar-refractivity contribution in [3.05, 3.63) is 35.4 Å². The number of rotatable bonds is 2. The van der Waals surface area contributed by atoms with Crippen molar-refractivity contribution in [2.45, 2.75) is 56.0 Å². The molecule has 1 aromatic carbocycles. The van der Waals surface area contributed by atoms with Gasteiger partial charge in [-0.3, -0.25) is 0 Å². The maximum absolute atomic E-state index is 12.3. The van der Waals surface area contributed by atoms with Gasteiger partial charge in [0.2, 0.25) is 0 Å². The molecule has 0 saturated carbocycles. The molecule has 1 N–H and O–H groups in total. The second kappa shape index (κ2) is 9.07. The third-order valence-electron chi connectivity index (χ3n) is 7.69. The van der Waals surface area contributed by atoms with Gasteiger partial charge in [0, 0.05) is 33.2 Å². The van der Waals surface area contributed by atoms with E-state index in [2.05, 4.69) is 34.5 Å². The summed E-state index contributed by atoms with van der Waals surface area (Å²) in [5.74, 6) is 0. The summed E-state index contributed by atoms with van der Waals surface area (Å²) in [6, 6.07) is 9.35. The molecule has 2 fully saturated rings. The molecule has 1 aliphatic carbocycles. The first kappa shape index (κ1) is 21.9. The Bertz CT molecular complexity index is 796. The molecule has 4 rings (SSSR count). The fourth-order valence-electron chi connectivity index (χ4n) is 5.80. The number of piperidine rings is 2. The van der Waals surface area contributed by atoms with Gasteiger partial charge < -0.3 is 24.8 Å². The van der Waals surface area contributed by atoms with E-state index in [4.69, 9.17) is 4.74 Å². The molecule has 1 atom stereocenters. The summed E-state index contributed by atoms with van der Waals surface area (Å²) in [7, 11) is 5.03. The molecule has 31 heavy (non-hydrogen) atoms. The Labute approximate surface area is 185 Å². The first-order valence-electron chi connectivity index (χ1n) is 11.6. The summed E-state index contributed by atoms with van der Waals surface area (Å²) in [6.45, 7) is 3.78. The minimum atomic E-state index is -0.203. The molecule has 2 saturated heterocycles. The molecule has 0 bridgehead atoms. The number of hydrogen-bond donors (Lipinski definition) is 1. The van der Waals surface area contributed by atoms with Gasteiger partial charge in [-0.15, -0.1) is 0 Å². The number of amides is 3. The van der Waals surface area contributed by atoms with E-state index in [9.17, 15) is 9.59 Å². The van der Waals surface area contributed by atoms with Gasteiger partial charge >= 0.3 is 12.1 Å². The van der Waals surface area contributed by atoms with Crippen LogP contribution in [0.2, 0.25) is 0 Å². The van der Waals surface area contributed by atoms with Gasteiger partial charge in [0.25, 0.3) is 0 Å². The fourth-order valence-corrected chi connectivity index (χ4v) is 5.80. The zero-order valence-corrected chi connectivity index (χ0v) is 19.1. The Kier molecular flexibility index (Phi) is 6.42. The number of benzene rings is 1. The number of carbonyl (C=O) groups excluding carboxylic acids is 2. The number of ether oxygens (including phenoxy) is 1. The average Bonchev–Trinajstić information content (AvgIpc) is 2.81. The van der Waals surface area contributed by atoms with E-state index in [0.29, 0.717) is 6.04 Å². The van der Waals surface area contributed by atoms with Gasteiger partial charge in [-0.05, 0) is 68.2 Å². The maximum Gasteiger partial charge on any atom is 0.409 e. The van der Waals surface area contributed by atoms with E-state index in [1.807, 2.05) is 4.90 Å². The monoisotopic (exact) mass is 428 g/mol. The summed E-state index contributed by atoms with van der Waals surface area (Å²) >= 11 is 0. The molecule has 0 unspecified atom stereocenters. The Morgan fingerprint density at radius 2 is 1.71 bits per heavy atom. The lowest BCUT2D eigenvalue weighted by Gasteiger charge is -2.49. The predicted molar refractivity (Wildman–Crippen MR) is 120 cm³/mol. The number of carbonyl (C=O) groups is 2. The summed E-state index contributed by atoms with van der Waals surface area (Å²) in [6.07, 6.45) is 6.29. The zero-order chi connectivity index (χ0) is 22.0. The van der Waals surface area contributed by atoms with Gasteiger partial charge in [-0.2, -0.15) is 0 Å². The largest absolute Gasteiger partial charge is 0.453 e. The Morgan fingerprint density at radius 3 is 2.35 bits per heavy atom. The van der Waals surface area contributed by atoms with Crippen LogP contribution in [0, 0.1) is 0 Å². The Balaban J connectivity index is 1.41. The Morgan fingerprint density at radius 1 is 1.03 bits per heavy atom.